The number of aryl methyl sites for hydroxylation is 1. The second kappa shape index (κ2) is 4.61. The lowest BCUT2D eigenvalue weighted by atomic mass is 10.4. The molecule has 2 saturated carbocycles. The number of nitrogens with one attached hydrogen (secondary N) is 1. The average Bonchev–Trinajstić information content (AvgIpc) is 3.24. The van der Waals surface area contributed by atoms with Crippen LogP contribution in [0.25, 0.3) is 0 Å². The molecule has 106 valence electrons. The molecule has 1 aromatic heterocycles. The first-order valence-corrected chi connectivity index (χ1v) is 8.29. The van der Waals surface area contributed by atoms with E-state index < -0.39 is 10.0 Å². The Labute approximate surface area is 114 Å². The van der Waals surface area contributed by atoms with Crippen molar-refractivity contribution in [2.24, 2.45) is 7.05 Å². The summed E-state index contributed by atoms with van der Waals surface area (Å²) in [5, 5.41) is 3.41. The number of rotatable bonds is 6. The normalized spacial score (nSPS) is 20.2. The summed E-state index contributed by atoms with van der Waals surface area (Å²) >= 11 is 0. The number of hydrogen-bond acceptors (Lipinski definition) is 3. The zero-order chi connectivity index (χ0) is 13.6. The molecule has 0 bridgehead atoms. The summed E-state index contributed by atoms with van der Waals surface area (Å²) in [5.74, 6) is 0. The molecule has 3 rings (SSSR count). The Balaban J connectivity index is 1.77. The van der Waals surface area contributed by atoms with Crippen LogP contribution in [0.15, 0.2) is 17.2 Å². The molecule has 0 aromatic carbocycles. The Morgan fingerprint density at radius 2 is 2.05 bits per heavy atom. The van der Waals surface area contributed by atoms with Crippen LogP contribution < -0.4 is 5.32 Å². The van der Waals surface area contributed by atoms with E-state index in [4.69, 9.17) is 0 Å². The Bertz CT molecular complexity index is 571. The van der Waals surface area contributed by atoms with E-state index in [-0.39, 0.29) is 6.04 Å². The molecule has 0 aliphatic heterocycles. The maximum absolute atomic E-state index is 12.4. The van der Waals surface area contributed by atoms with Gasteiger partial charge in [-0.05, 0) is 31.7 Å². The van der Waals surface area contributed by atoms with E-state index in [0.717, 1.165) is 25.1 Å². The van der Waals surface area contributed by atoms with Crippen molar-refractivity contribution < 1.29 is 8.42 Å². The molecule has 2 fully saturated rings. The fraction of sp³-hybridized carbons (Fsp3) is 0.692. The third kappa shape index (κ3) is 2.70. The van der Waals surface area contributed by atoms with Crippen LogP contribution in [0.1, 0.15) is 31.4 Å². The molecule has 0 radical (unpaired) electrons. The zero-order valence-corrected chi connectivity index (χ0v) is 12.3. The van der Waals surface area contributed by atoms with E-state index in [1.54, 1.807) is 19.3 Å². The first-order chi connectivity index (χ1) is 8.98. The van der Waals surface area contributed by atoms with E-state index >= 15 is 0 Å². The summed E-state index contributed by atoms with van der Waals surface area (Å²) in [6, 6.07) is 2.63. The maximum atomic E-state index is 12.4. The smallest absolute Gasteiger partial charge is 0.244 e. The quantitative estimate of drug-likeness (QED) is 0.849. The highest BCUT2D eigenvalue weighted by Gasteiger charge is 2.35. The number of aromatic nitrogens is 1. The van der Waals surface area contributed by atoms with E-state index in [0.29, 0.717) is 10.9 Å². The van der Waals surface area contributed by atoms with Crippen molar-refractivity contribution in [3.05, 3.63) is 18.0 Å². The molecule has 6 heteroatoms. The van der Waals surface area contributed by atoms with Crippen LogP contribution in [0.2, 0.25) is 0 Å². The van der Waals surface area contributed by atoms with Gasteiger partial charge in [-0.1, -0.05) is 0 Å². The molecule has 0 atom stereocenters. The lowest BCUT2D eigenvalue weighted by Crippen LogP contribution is -2.28. The van der Waals surface area contributed by atoms with E-state index in [9.17, 15) is 8.42 Å². The minimum Gasteiger partial charge on any atom is -0.352 e. The molecule has 2 aliphatic carbocycles. The molecule has 0 amide bonds. The Morgan fingerprint density at radius 1 is 1.37 bits per heavy atom. The van der Waals surface area contributed by atoms with Gasteiger partial charge in [0.05, 0.1) is 0 Å². The standard InChI is InChI=1S/C13H21N3O2S/c1-15-9-13(7-12(15)8-14-10-3-4-10)19(17,18)16(2)11-5-6-11/h7,9-11,14H,3-6,8H2,1-2H3. The van der Waals surface area contributed by atoms with Gasteiger partial charge in [-0.2, -0.15) is 4.31 Å². The second-order valence-corrected chi connectivity index (χ2v) is 7.68. The zero-order valence-electron chi connectivity index (χ0n) is 11.5. The molecule has 1 aromatic rings. The average molecular weight is 283 g/mol. The lowest BCUT2D eigenvalue weighted by Gasteiger charge is -2.14. The van der Waals surface area contributed by atoms with Crippen LogP contribution in [0.4, 0.5) is 0 Å². The predicted octanol–water partition coefficient (Wildman–Crippen LogP) is 1.06. The first-order valence-electron chi connectivity index (χ1n) is 6.85. The van der Waals surface area contributed by atoms with Gasteiger partial charge in [0.1, 0.15) is 4.90 Å². The third-order valence-electron chi connectivity index (χ3n) is 3.97. The number of nitrogens with zero attached hydrogens (tertiary/aromatic N) is 2. The number of hydrogen-bond donors (Lipinski definition) is 1. The van der Waals surface area contributed by atoms with Crippen LogP contribution >= 0.6 is 0 Å². The Morgan fingerprint density at radius 3 is 2.63 bits per heavy atom. The molecule has 19 heavy (non-hydrogen) atoms. The topological polar surface area (TPSA) is 54.3 Å². The number of sulfonamides is 1. The van der Waals surface area contributed by atoms with Crippen LogP contribution in [0.3, 0.4) is 0 Å². The van der Waals surface area contributed by atoms with Crippen LogP contribution in [-0.4, -0.2) is 36.4 Å². The van der Waals surface area contributed by atoms with Crippen molar-refractivity contribution in [2.45, 2.75) is 49.2 Å². The van der Waals surface area contributed by atoms with Crippen molar-refractivity contribution >= 4 is 10.0 Å². The van der Waals surface area contributed by atoms with Crippen LogP contribution in [0.5, 0.6) is 0 Å². The van der Waals surface area contributed by atoms with Gasteiger partial charge in [0, 0.05) is 44.6 Å². The van der Waals surface area contributed by atoms with Crippen molar-refractivity contribution in [1.29, 1.82) is 0 Å². The highest BCUT2D eigenvalue weighted by atomic mass is 32.2. The van der Waals surface area contributed by atoms with Crippen LogP contribution in [0, 0.1) is 0 Å². The maximum Gasteiger partial charge on any atom is 0.244 e. The Hall–Kier alpha value is -0.850. The van der Waals surface area contributed by atoms with Gasteiger partial charge >= 0.3 is 0 Å². The molecule has 5 nitrogen and oxygen atoms in total. The second-order valence-electron chi connectivity index (χ2n) is 5.69. The van der Waals surface area contributed by atoms with Crippen molar-refractivity contribution in [2.75, 3.05) is 7.05 Å². The van der Waals surface area contributed by atoms with Gasteiger partial charge in [-0.15, -0.1) is 0 Å². The van der Waals surface area contributed by atoms with Gasteiger partial charge in [0.2, 0.25) is 10.0 Å². The van der Waals surface area contributed by atoms with Gasteiger partial charge in [-0.3, -0.25) is 0 Å². The Kier molecular flexibility index (Phi) is 3.19. The molecule has 0 spiro atoms. The van der Waals surface area contributed by atoms with Crippen molar-refractivity contribution in [3.8, 4) is 0 Å². The van der Waals surface area contributed by atoms with Gasteiger partial charge in [0.25, 0.3) is 0 Å². The SMILES string of the molecule is CN(C1CC1)S(=O)(=O)c1cc(CNC2CC2)n(C)c1. The first kappa shape index (κ1) is 13.1. The predicted molar refractivity (Wildman–Crippen MR) is 73.2 cm³/mol. The summed E-state index contributed by atoms with van der Waals surface area (Å²) in [4.78, 5) is 0.414. The largest absolute Gasteiger partial charge is 0.352 e. The molecule has 1 heterocycles. The molecule has 0 unspecified atom stereocenters. The summed E-state index contributed by atoms with van der Waals surface area (Å²) in [6.45, 7) is 0.740. The fourth-order valence-corrected chi connectivity index (χ4v) is 3.74. The summed E-state index contributed by atoms with van der Waals surface area (Å²) in [7, 11) is 0.270. The molecule has 2 aliphatic rings. The van der Waals surface area contributed by atoms with Crippen molar-refractivity contribution in [3.63, 3.8) is 0 Å². The lowest BCUT2D eigenvalue weighted by molar-refractivity contribution is 0.464. The summed E-state index contributed by atoms with van der Waals surface area (Å²) in [5.41, 5.74) is 1.02. The third-order valence-corrected chi connectivity index (χ3v) is 5.85. The van der Waals surface area contributed by atoms with Gasteiger partial charge in [-0.25, -0.2) is 8.42 Å². The summed E-state index contributed by atoms with van der Waals surface area (Å²) < 4.78 is 28.3. The van der Waals surface area contributed by atoms with Crippen molar-refractivity contribution in [1.82, 2.24) is 14.2 Å². The molecule has 1 N–H and O–H groups in total. The highest BCUT2D eigenvalue weighted by molar-refractivity contribution is 7.89. The summed E-state index contributed by atoms with van der Waals surface area (Å²) in [6.07, 6.45) is 6.16. The molecular weight excluding hydrogens is 262 g/mol. The van der Waals surface area contributed by atoms with Gasteiger partial charge in [0.15, 0.2) is 0 Å². The molecule has 0 saturated heterocycles. The van der Waals surface area contributed by atoms with Crippen LogP contribution in [-0.2, 0) is 23.6 Å². The van der Waals surface area contributed by atoms with Gasteiger partial charge < -0.3 is 9.88 Å². The minimum absolute atomic E-state index is 0.207. The molecular formula is C13H21N3O2S. The fourth-order valence-electron chi connectivity index (χ4n) is 2.23. The van der Waals surface area contributed by atoms with E-state index in [1.165, 1.54) is 17.1 Å². The highest BCUT2D eigenvalue weighted by Crippen LogP contribution is 2.31. The minimum atomic E-state index is -3.32. The van der Waals surface area contributed by atoms with E-state index in [2.05, 4.69) is 5.32 Å². The monoisotopic (exact) mass is 283 g/mol. The van der Waals surface area contributed by atoms with E-state index in [1.807, 2.05) is 11.6 Å².